The topological polar surface area (TPSA) is 97.6 Å². The third-order valence-corrected chi connectivity index (χ3v) is 3.22. The molecule has 0 radical (unpaired) electrons. The Balaban J connectivity index is 2.26. The molecule has 2 aliphatic rings. The Morgan fingerprint density at radius 2 is 1.67 bits per heavy atom. The van der Waals surface area contributed by atoms with Gasteiger partial charge < -0.3 is 34.3 Å². The van der Waals surface area contributed by atoms with Crippen molar-refractivity contribution in [1.29, 1.82) is 0 Å². The van der Waals surface area contributed by atoms with Crippen molar-refractivity contribution in [2.75, 3.05) is 13.7 Å². The molecule has 7 nitrogen and oxygen atoms in total. The molecule has 18 heavy (non-hydrogen) atoms. The first kappa shape index (κ1) is 14.1. The van der Waals surface area contributed by atoms with Crippen molar-refractivity contribution < 1.29 is 34.3 Å². The van der Waals surface area contributed by atoms with Gasteiger partial charge in [0.15, 0.2) is 12.1 Å². The molecule has 0 bridgehead atoms. The molecule has 7 heteroatoms. The lowest BCUT2D eigenvalue weighted by Gasteiger charge is -2.27. The molecule has 0 aromatic rings. The Kier molecular flexibility index (Phi) is 3.93. The van der Waals surface area contributed by atoms with E-state index >= 15 is 0 Å². The van der Waals surface area contributed by atoms with Crippen LogP contribution in [0.1, 0.15) is 13.8 Å². The number of aliphatic hydroxyl groups excluding tert-OH is 3. The van der Waals surface area contributed by atoms with Gasteiger partial charge in [-0.15, -0.1) is 0 Å². The van der Waals surface area contributed by atoms with Gasteiger partial charge in [0.2, 0.25) is 0 Å². The highest BCUT2D eigenvalue weighted by molar-refractivity contribution is 4.97. The summed E-state index contributed by atoms with van der Waals surface area (Å²) < 4.78 is 21.4. The van der Waals surface area contributed by atoms with Gasteiger partial charge in [0, 0.05) is 7.11 Å². The molecule has 0 spiro atoms. The van der Waals surface area contributed by atoms with E-state index in [0.717, 1.165) is 0 Å². The highest BCUT2D eigenvalue weighted by atomic mass is 16.8. The van der Waals surface area contributed by atoms with Crippen LogP contribution in [0.15, 0.2) is 0 Å². The number of aliphatic hydroxyl groups is 3. The molecular weight excluding hydrogens is 244 g/mol. The van der Waals surface area contributed by atoms with Crippen LogP contribution in [0.5, 0.6) is 0 Å². The Bertz CT molecular complexity index is 269. The molecule has 0 aliphatic carbocycles. The number of hydrogen-bond donors (Lipinski definition) is 3. The maximum absolute atomic E-state index is 10.1. The summed E-state index contributed by atoms with van der Waals surface area (Å²) in [6.07, 6.45) is -5.62. The van der Waals surface area contributed by atoms with E-state index in [1.807, 2.05) is 0 Å². The average molecular weight is 264 g/mol. The van der Waals surface area contributed by atoms with Crippen molar-refractivity contribution in [3.05, 3.63) is 0 Å². The Hall–Kier alpha value is -0.280. The van der Waals surface area contributed by atoms with E-state index < -0.39 is 49.2 Å². The van der Waals surface area contributed by atoms with Crippen molar-refractivity contribution >= 4 is 0 Å². The fourth-order valence-electron chi connectivity index (χ4n) is 2.39. The summed E-state index contributed by atoms with van der Waals surface area (Å²) in [4.78, 5) is 0. The normalized spacial score (nSPS) is 47.7. The second-order valence-electron chi connectivity index (χ2n) is 5.01. The maximum atomic E-state index is 10.1. The monoisotopic (exact) mass is 264 g/mol. The van der Waals surface area contributed by atoms with Crippen molar-refractivity contribution in [3.63, 3.8) is 0 Å². The summed E-state index contributed by atoms with van der Waals surface area (Å²) in [5, 5.41) is 29.5. The van der Waals surface area contributed by atoms with Crippen LogP contribution in [-0.4, -0.2) is 71.6 Å². The van der Waals surface area contributed by atoms with Crippen molar-refractivity contribution in [2.24, 2.45) is 0 Å². The molecule has 4 unspecified atom stereocenters. The van der Waals surface area contributed by atoms with E-state index in [4.69, 9.17) is 18.9 Å². The molecule has 6 atom stereocenters. The summed E-state index contributed by atoms with van der Waals surface area (Å²) >= 11 is 0. The van der Waals surface area contributed by atoms with Crippen LogP contribution in [-0.2, 0) is 18.9 Å². The third-order valence-electron chi connectivity index (χ3n) is 3.22. The Labute approximate surface area is 105 Å². The molecule has 2 fully saturated rings. The lowest BCUT2D eigenvalue weighted by molar-refractivity contribution is -0.245. The number of rotatable bonds is 2. The molecule has 106 valence electrons. The van der Waals surface area contributed by atoms with E-state index in [0.29, 0.717) is 0 Å². The smallest absolute Gasteiger partial charge is 0.186 e. The number of hydrogen-bond acceptors (Lipinski definition) is 7. The lowest BCUT2D eigenvalue weighted by Crippen LogP contribution is -2.45. The highest BCUT2D eigenvalue weighted by Gasteiger charge is 2.54. The third kappa shape index (κ3) is 2.39. The van der Waals surface area contributed by atoms with Crippen LogP contribution in [0.25, 0.3) is 0 Å². The average Bonchev–Trinajstić information content (AvgIpc) is 2.61. The van der Waals surface area contributed by atoms with Crippen LogP contribution in [0.3, 0.4) is 0 Å². The molecule has 2 aliphatic heterocycles. The van der Waals surface area contributed by atoms with E-state index in [9.17, 15) is 15.3 Å². The highest BCUT2D eigenvalue weighted by Crippen LogP contribution is 2.36. The summed E-state index contributed by atoms with van der Waals surface area (Å²) in [5.41, 5.74) is 0. The molecule has 3 N–H and O–H groups in total. The molecule has 0 aromatic carbocycles. The second-order valence-corrected chi connectivity index (χ2v) is 5.01. The molecule has 0 saturated carbocycles. The largest absolute Gasteiger partial charge is 0.394 e. The van der Waals surface area contributed by atoms with Gasteiger partial charge >= 0.3 is 0 Å². The summed E-state index contributed by atoms with van der Waals surface area (Å²) in [5.74, 6) is -0.910. The van der Waals surface area contributed by atoms with Gasteiger partial charge in [0.1, 0.15) is 30.5 Å². The molecule has 0 aromatic heterocycles. The SMILES string of the molecule is COC1OC(CO)[C@@H](O)C2OC(C)(C)O[C@@H]2C1O. The first-order valence-corrected chi connectivity index (χ1v) is 5.90. The summed E-state index contributed by atoms with van der Waals surface area (Å²) in [6, 6.07) is 0. The van der Waals surface area contributed by atoms with Gasteiger partial charge in [-0.3, -0.25) is 0 Å². The predicted molar refractivity (Wildman–Crippen MR) is 58.6 cm³/mol. The molecule has 2 saturated heterocycles. The standard InChI is InChI=1S/C11H20O7/c1-11(2)17-8-6(13)5(4-12)16-10(15-3)7(14)9(8)18-11/h5-10,12-14H,4H2,1-3H3/t5?,6-,7?,8?,9-,10?/m1/s1. The second kappa shape index (κ2) is 5.01. The fourth-order valence-corrected chi connectivity index (χ4v) is 2.39. The van der Waals surface area contributed by atoms with Gasteiger partial charge in [0.05, 0.1) is 6.61 Å². The summed E-state index contributed by atoms with van der Waals surface area (Å²) in [6.45, 7) is 2.98. The van der Waals surface area contributed by atoms with E-state index in [2.05, 4.69) is 0 Å². The van der Waals surface area contributed by atoms with Crippen molar-refractivity contribution in [3.8, 4) is 0 Å². The number of ether oxygens (including phenoxy) is 4. The number of methoxy groups -OCH3 is 1. The fraction of sp³-hybridized carbons (Fsp3) is 1.00. The van der Waals surface area contributed by atoms with Gasteiger partial charge in [0.25, 0.3) is 0 Å². The molecular formula is C11H20O7. The quantitative estimate of drug-likeness (QED) is 0.564. The first-order valence-electron chi connectivity index (χ1n) is 5.90. The minimum atomic E-state index is -1.10. The Morgan fingerprint density at radius 1 is 1.11 bits per heavy atom. The predicted octanol–water partition coefficient (Wildman–Crippen LogP) is -1.41. The van der Waals surface area contributed by atoms with Crippen LogP contribution in [0, 0.1) is 0 Å². The van der Waals surface area contributed by atoms with E-state index in [-0.39, 0.29) is 0 Å². The van der Waals surface area contributed by atoms with Gasteiger partial charge in [-0.25, -0.2) is 0 Å². The minimum absolute atomic E-state index is 0.402. The lowest BCUT2D eigenvalue weighted by atomic mass is 10.0. The van der Waals surface area contributed by atoms with Gasteiger partial charge in [-0.05, 0) is 13.8 Å². The maximum Gasteiger partial charge on any atom is 0.186 e. The van der Waals surface area contributed by atoms with Crippen LogP contribution >= 0.6 is 0 Å². The van der Waals surface area contributed by atoms with Crippen molar-refractivity contribution in [1.82, 2.24) is 0 Å². The van der Waals surface area contributed by atoms with Crippen LogP contribution in [0.2, 0.25) is 0 Å². The number of fused-ring (bicyclic) bond motifs is 1. The van der Waals surface area contributed by atoms with E-state index in [1.165, 1.54) is 7.11 Å². The van der Waals surface area contributed by atoms with Crippen LogP contribution in [0.4, 0.5) is 0 Å². The van der Waals surface area contributed by atoms with Crippen LogP contribution < -0.4 is 0 Å². The summed E-state index contributed by atoms with van der Waals surface area (Å²) in [7, 11) is 1.37. The van der Waals surface area contributed by atoms with Crippen molar-refractivity contribution in [2.45, 2.75) is 56.4 Å². The minimum Gasteiger partial charge on any atom is -0.394 e. The van der Waals surface area contributed by atoms with E-state index in [1.54, 1.807) is 13.8 Å². The molecule has 0 amide bonds. The first-order chi connectivity index (χ1) is 8.39. The van der Waals surface area contributed by atoms with Gasteiger partial charge in [-0.2, -0.15) is 0 Å². The Morgan fingerprint density at radius 3 is 2.17 bits per heavy atom. The van der Waals surface area contributed by atoms with Gasteiger partial charge in [-0.1, -0.05) is 0 Å². The molecule has 2 heterocycles. The zero-order valence-electron chi connectivity index (χ0n) is 10.6. The zero-order valence-corrected chi connectivity index (χ0v) is 10.6. The zero-order chi connectivity index (χ0) is 13.5. The molecule has 2 rings (SSSR count).